The van der Waals surface area contributed by atoms with Crippen LogP contribution in [-0.2, 0) is 16.1 Å². The molecule has 0 bridgehead atoms. The second kappa shape index (κ2) is 6.54. The smallest absolute Gasteiger partial charge is 0.305 e. The molecule has 1 heterocycles. The van der Waals surface area contributed by atoms with Crippen LogP contribution in [0.3, 0.4) is 0 Å². The number of carbonyl (C=O) groups is 2. The minimum atomic E-state index is -0.846. The Bertz CT molecular complexity index is 450. The number of hydrogen-bond donors (Lipinski definition) is 2. The van der Waals surface area contributed by atoms with Crippen LogP contribution >= 0.6 is 0 Å². The summed E-state index contributed by atoms with van der Waals surface area (Å²) in [5.41, 5.74) is -0.546. The number of nitrogens with one attached hydrogen (secondary N) is 1. The van der Waals surface area contributed by atoms with Crippen molar-refractivity contribution in [3.05, 3.63) is 18.7 Å². The van der Waals surface area contributed by atoms with Crippen molar-refractivity contribution < 1.29 is 14.7 Å². The van der Waals surface area contributed by atoms with Crippen LogP contribution in [0.25, 0.3) is 0 Å². The van der Waals surface area contributed by atoms with E-state index in [9.17, 15) is 9.59 Å². The third-order valence-electron chi connectivity index (χ3n) is 3.86. The van der Waals surface area contributed by atoms with E-state index in [1.54, 1.807) is 18.7 Å². The van der Waals surface area contributed by atoms with E-state index in [0.717, 1.165) is 32.1 Å². The molecule has 20 heavy (non-hydrogen) atoms. The normalized spacial score (nSPS) is 17.6. The molecule has 1 aliphatic carbocycles. The first-order valence-electron chi connectivity index (χ1n) is 7.08. The van der Waals surface area contributed by atoms with Crippen LogP contribution in [-0.4, -0.2) is 32.1 Å². The zero-order valence-electron chi connectivity index (χ0n) is 11.5. The number of aliphatic carboxylic acids is 1. The van der Waals surface area contributed by atoms with Gasteiger partial charge in [0.1, 0.15) is 0 Å². The molecule has 1 amide bonds. The van der Waals surface area contributed by atoms with E-state index in [-0.39, 0.29) is 12.3 Å². The number of aromatic nitrogens is 2. The molecule has 0 saturated heterocycles. The van der Waals surface area contributed by atoms with Crippen molar-refractivity contribution in [1.29, 1.82) is 0 Å². The quantitative estimate of drug-likeness (QED) is 0.827. The third kappa shape index (κ3) is 4.08. The molecular formula is C14H21N3O3. The Kier molecular flexibility index (Phi) is 4.76. The summed E-state index contributed by atoms with van der Waals surface area (Å²) in [6.45, 7) is 0.564. The van der Waals surface area contributed by atoms with E-state index >= 15 is 0 Å². The largest absolute Gasteiger partial charge is 0.481 e. The molecule has 6 nitrogen and oxygen atoms in total. The first-order valence-corrected chi connectivity index (χ1v) is 7.08. The van der Waals surface area contributed by atoms with Crippen molar-refractivity contribution in [3.8, 4) is 0 Å². The monoisotopic (exact) mass is 279 g/mol. The van der Waals surface area contributed by atoms with Gasteiger partial charge in [-0.2, -0.15) is 0 Å². The highest BCUT2D eigenvalue weighted by Crippen LogP contribution is 2.31. The van der Waals surface area contributed by atoms with E-state index in [2.05, 4.69) is 10.3 Å². The third-order valence-corrected chi connectivity index (χ3v) is 3.86. The van der Waals surface area contributed by atoms with Gasteiger partial charge in [0.15, 0.2) is 0 Å². The molecule has 0 spiro atoms. The lowest BCUT2D eigenvalue weighted by atomic mass is 9.79. The van der Waals surface area contributed by atoms with Crippen LogP contribution in [0.15, 0.2) is 18.7 Å². The Morgan fingerprint density at radius 2 is 2.05 bits per heavy atom. The summed E-state index contributed by atoms with van der Waals surface area (Å²) in [6.07, 6.45) is 10.1. The summed E-state index contributed by atoms with van der Waals surface area (Å²) < 4.78 is 1.84. The fourth-order valence-corrected chi connectivity index (χ4v) is 2.87. The van der Waals surface area contributed by atoms with Gasteiger partial charge in [0.05, 0.1) is 18.3 Å². The first kappa shape index (κ1) is 14.6. The molecule has 2 rings (SSSR count). The van der Waals surface area contributed by atoms with Crippen molar-refractivity contribution in [2.24, 2.45) is 0 Å². The van der Waals surface area contributed by atoms with Gasteiger partial charge in [0, 0.05) is 25.4 Å². The van der Waals surface area contributed by atoms with Crippen LogP contribution < -0.4 is 5.32 Å². The number of imidazole rings is 1. The van der Waals surface area contributed by atoms with Crippen molar-refractivity contribution in [1.82, 2.24) is 14.9 Å². The molecule has 0 atom stereocenters. The van der Waals surface area contributed by atoms with Crippen LogP contribution in [0.1, 0.15) is 44.9 Å². The number of carboxylic acid groups (broad SMARTS) is 1. The number of amides is 1. The van der Waals surface area contributed by atoms with E-state index in [1.165, 1.54) is 0 Å². The summed E-state index contributed by atoms with van der Waals surface area (Å²) in [6, 6.07) is 0. The molecule has 6 heteroatoms. The maximum atomic E-state index is 12.1. The second-order valence-corrected chi connectivity index (χ2v) is 5.51. The van der Waals surface area contributed by atoms with Gasteiger partial charge in [-0.1, -0.05) is 19.3 Å². The maximum Gasteiger partial charge on any atom is 0.305 e. The van der Waals surface area contributed by atoms with Gasteiger partial charge < -0.3 is 15.0 Å². The van der Waals surface area contributed by atoms with Crippen molar-refractivity contribution in [2.75, 3.05) is 0 Å². The molecule has 1 aromatic rings. The second-order valence-electron chi connectivity index (χ2n) is 5.51. The van der Waals surface area contributed by atoms with Gasteiger partial charge in [-0.05, 0) is 12.8 Å². The lowest BCUT2D eigenvalue weighted by Crippen LogP contribution is -2.51. The van der Waals surface area contributed by atoms with Gasteiger partial charge in [-0.3, -0.25) is 9.59 Å². The highest BCUT2D eigenvalue weighted by Gasteiger charge is 2.35. The highest BCUT2D eigenvalue weighted by molar-refractivity contribution is 5.78. The number of carbonyl (C=O) groups excluding carboxylic acids is 1. The molecule has 0 aromatic carbocycles. The number of nitrogens with zero attached hydrogens (tertiary/aromatic N) is 2. The van der Waals surface area contributed by atoms with Crippen LogP contribution in [0.5, 0.6) is 0 Å². The fourth-order valence-electron chi connectivity index (χ4n) is 2.87. The Morgan fingerprint density at radius 3 is 2.65 bits per heavy atom. The lowest BCUT2D eigenvalue weighted by Gasteiger charge is -2.37. The van der Waals surface area contributed by atoms with Crippen LogP contribution in [0.2, 0.25) is 0 Å². The van der Waals surface area contributed by atoms with E-state index in [4.69, 9.17) is 5.11 Å². The van der Waals surface area contributed by atoms with Crippen molar-refractivity contribution in [2.45, 2.75) is 57.0 Å². The average Bonchev–Trinajstić information content (AvgIpc) is 2.89. The number of aryl methyl sites for hydroxylation is 1. The topological polar surface area (TPSA) is 84.2 Å². The van der Waals surface area contributed by atoms with Crippen molar-refractivity contribution >= 4 is 11.9 Å². The predicted octanol–water partition coefficient (Wildman–Crippen LogP) is 1.57. The van der Waals surface area contributed by atoms with Gasteiger partial charge in [-0.25, -0.2) is 4.98 Å². The van der Waals surface area contributed by atoms with E-state index in [0.29, 0.717) is 13.0 Å². The highest BCUT2D eigenvalue weighted by atomic mass is 16.4. The van der Waals surface area contributed by atoms with Gasteiger partial charge >= 0.3 is 5.97 Å². The molecule has 1 fully saturated rings. The molecule has 1 aliphatic rings. The van der Waals surface area contributed by atoms with Gasteiger partial charge in [-0.15, -0.1) is 0 Å². The molecule has 1 saturated carbocycles. The maximum absolute atomic E-state index is 12.1. The number of hydrogen-bond acceptors (Lipinski definition) is 3. The standard InChI is InChI=1S/C14H21N3O3/c18-12(4-8-17-9-7-15-11-17)16-14(10-13(19)20)5-2-1-3-6-14/h7,9,11H,1-6,8,10H2,(H,16,18)(H,19,20). The lowest BCUT2D eigenvalue weighted by molar-refractivity contribution is -0.139. The zero-order chi connectivity index (χ0) is 14.4. The van der Waals surface area contributed by atoms with Gasteiger partial charge in [0.25, 0.3) is 0 Å². The molecule has 2 N–H and O–H groups in total. The van der Waals surface area contributed by atoms with Gasteiger partial charge in [0.2, 0.25) is 5.91 Å². The average molecular weight is 279 g/mol. The Hall–Kier alpha value is -1.85. The summed E-state index contributed by atoms with van der Waals surface area (Å²) in [4.78, 5) is 27.0. The summed E-state index contributed by atoms with van der Waals surface area (Å²) in [5, 5.41) is 12.0. The Balaban J connectivity index is 1.89. The summed E-state index contributed by atoms with van der Waals surface area (Å²) in [7, 11) is 0. The minimum absolute atomic E-state index is 0.0177. The number of carboxylic acids is 1. The predicted molar refractivity (Wildman–Crippen MR) is 73.1 cm³/mol. The molecular weight excluding hydrogens is 258 g/mol. The van der Waals surface area contributed by atoms with E-state index in [1.807, 2.05) is 4.57 Å². The SMILES string of the molecule is O=C(O)CC1(NC(=O)CCn2ccnc2)CCCCC1. The molecule has 0 aliphatic heterocycles. The minimum Gasteiger partial charge on any atom is -0.481 e. The molecule has 1 aromatic heterocycles. The van der Waals surface area contributed by atoms with E-state index < -0.39 is 11.5 Å². The molecule has 0 radical (unpaired) electrons. The summed E-state index contributed by atoms with van der Waals surface area (Å²) >= 11 is 0. The van der Waals surface area contributed by atoms with Crippen LogP contribution in [0, 0.1) is 0 Å². The first-order chi connectivity index (χ1) is 9.60. The fraction of sp³-hybridized carbons (Fsp3) is 0.643. The molecule has 0 unspecified atom stereocenters. The summed E-state index contributed by atoms with van der Waals surface area (Å²) in [5.74, 6) is -0.927. The number of rotatable bonds is 6. The zero-order valence-corrected chi connectivity index (χ0v) is 11.5. The Morgan fingerprint density at radius 1 is 1.30 bits per heavy atom. The molecule has 110 valence electrons. The van der Waals surface area contributed by atoms with Crippen LogP contribution in [0.4, 0.5) is 0 Å². The Labute approximate surface area is 118 Å². The van der Waals surface area contributed by atoms with Crippen molar-refractivity contribution in [3.63, 3.8) is 0 Å².